The number of hydrogen-bond donors (Lipinski definition) is 2. The van der Waals surface area contributed by atoms with Gasteiger partial charge in [-0.2, -0.15) is 0 Å². The van der Waals surface area contributed by atoms with Crippen LogP contribution in [-0.4, -0.2) is 62.8 Å². The van der Waals surface area contributed by atoms with E-state index in [1.807, 2.05) is 0 Å². The zero-order valence-corrected chi connectivity index (χ0v) is 11.7. The van der Waals surface area contributed by atoms with Gasteiger partial charge >= 0.3 is 0 Å². The molecule has 6 atom stereocenters. The van der Waals surface area contributed by atoms with Gasteiger partial charge in [0.05, 0.1) is 6.61 Å². The van der Waals surface area contributed by atoms with Gasteiger partial charge in [0.1, 0.15) is 24.7 Å². The Morgan fingerprint density at radius 3 is 2.67 bits per heavy atom. The third-order valence-corrected chi connectivity index (χ3v) is 3.53. The van der Waals surface area contributed by atoms with Gasteiger partial charge in [0.25, 0.3) is 0 Å². The number of carbonyl (C=O) groups excluding carboxylic acids is 2. The smallest absolute Gasteiger partial charge is 0.243 e. The van der Waals surface area contributed by atoms with E-state index in [0.29, 0.717) is 6.61 Å². The number of hydrogen-bond acceptors (Lipinski definition) is 7. The van der Waals surface area contributed by atoms with Crippen molar-refractivity contribution in [2.45, 2.75) is 50.7 Å². The molecule has 3 aliphatic rings. The Labute approximate surface area is 121 Å². The fourth-order valence-electron chi connectivity index (χ4n) is 2.52. The van der Waals surface area contributed by atoms with E-state index in [0.717, 1.165) is 0 Å². The highest BCUT2D eigenvalue weighted by molar-refractivity contribution is 5.96. The van der Waals surface area contributed by atoms with E-state index in [1.165, 1.54) is 7.05 Å². The van der Waals surface area contributed by atoms with Gasteiger partial charge in [0, 0.05) is 7.05 Å². The van der Waals surface area contributed by atoms with E-state index >= 15 is 0 Å². The van der Waals surface area contributed by atoms with Crippen molar-refractivity contribution in [3.63, 3.8) is 0 Å². The van der Waals surface area contributed by atoms with Gasteiger partial charge in [-0.1, -0.05) is 0 Å². The second kappa shape index (κ2) is 5.85. The quantitative estimate of drug-likeness (QED) is 0.607. The molecule has 0 bridgehead atoms. The normalized spacial score (nSPS) is 41.2. The first-order chi connectivity index (χ1) is 10.1. The summed E-state index contributed by atoms with van der Waals surface area (Å²) >= 11 is 0. The summed E-state index contributed by atoms with van der Waals surface area (Å²) in [7, 11) is 1.46. The van der Waals surface area contributed by atoms with Gasteiger partial charge in [-0.3, -0.25) is 9.59 Å². The van der Waals surface area contributed by atoms with Crippen LogP contribution in [0.1, 0.15) is 13.3 Å². The lowest BCUT2D eigenvalue weighted by atomic mass is 10.1. The van der Waals surface area contributed by atoms with E-state index in [-0.39, 0.29) is 30.8 Å². The lowest BCUT2D eigenvalue weighted by Crippen LogP contribution is -2.46. The molecule has 0 saturated carbocycles. The molecule has 9 nitrogen and oxygen atoms in total. The van der Waals surface area contributed by atoms with Crippen LogP contribution >= 0.6 is 0 Å². The molecule has 118 valence electrons. The number of rotatable bonds is 3. The Hall–Kier alpha value is -1.26. The molecule has 3 saturated heterocycles. The van der Waals surface area contributed by atoms with E-state index in [9.17, 15) is 9.59 Å². The molecule has 2 amide bonds. The molecule has 6 unspecified atom stereocenters. The van der Waals surface area contributed by atoms with Crippen LogP contribution in [0.3, 0.4) is 0 Å². The highest BCUT2D eigenvalue weighted by Gasteiger charge is 2.55. The van der Waals surface area contributed by atoms with E-state index in [4.69, 9.17) is 23.7 Å². The standard InChI is InChI=1S/C12H18N2O7/c1-5-17-4-6-9(18-5)10-11(19-6)21-12(20-10)14-8(16)3-7(15)13-2/h5-6,9-12H,3-4H2,1-2H3,(H,13,15)(H,14,16). The highest BCUT2D eigenvalue weighted by atomic mass is 16.9. The molecule has 0 aromatic heterocycles. The summed E-state index contributed by atoms with van der Waals surface area (Å²) in [5, 5.41) is 4.83. The second-order valence-corrected chi connectivity index (χ2v) is 5.03. The van der Waals surface area contributed by atoms with Crippen LogP contribution in [0, 0.1) is 0 Å². The summed E-state index contributed by atoms with van der Waals surface area (Å²) in [6.45, 7) is 2.21. The minimum absolute atomic E-state index is 0.237. The molecular weight excluding hydrogens is 284 g/mol. The number of ether oxygens (including phenoxy) is 5. The van der Waals surface area contributed by atoms with Crippen molar-refractivity contribution in [2.24, 2.45) is 0 Å². The maximum atomic E-state index is 11.6. The van der Waals surface area contributed by atoms with Crippen molar-refractivity contribution < 1.29 is 33.3 Å². The molecule has 0 aromatic carbocycles. The van der Waals surface area contributed by atoms with Crippen LogP contribution in [0.4, 0.5) is 0 Å². The van der Waals surface area contributed by atoms with Gasteiger partial charge < -0.3 is 34.3 Å². The molecular formula is C12H18N2O7. The monoisotopic (exact) mass is 302 g/mol. The van der Waals surface area contributed by atoms with Gasteiger partial charge in [0.15, 0.2) is 12.6 Å². The summed E-state index contributed by atoms with van der Waals surface area (Å²) in [5.74, 6) is -0.874. The number of amides is 2. The van der Waals surface area contributed by atoms with E-state index < -0.39 is 24.7 Å². The first-order valence-corrected chi connectivity index (χ1v) is 6.80. The minimum Gasteiger partial charge on any atom is -0.359 e. The molecule has 9 heteroatoms. The first-order valence-electron chi connectivity index (χ1n) is 6.80. The lowest BCUT2D eigenvalue weighted by molar-refractivity contribution is -0.265. The first kappa shape index (κ1) is 14.7. The Morgan fingerprint density at radius 2 is 1.90 bits per heavy atom. The Balaban J connectivity index is 1.52. The van der Waals surface area contributed by atoms with Crippen molar-refractivity contribution >= 4 is 11.8 Å². The number of carbonyl (C=O) groups is 2. The molecule has 3 aliphatic heterocycles. The topological polar surface area (TPSA) is 104 Å². The molecule has 2 N–H and O–H groups in total. The van der Waals surface area contributed by atoms with E-state index in [2.05, 4.69) is 10.6 Å². The van der Waals surface area contributed by atoms with Crippen LogP contribution in [0.25, 0.3) is 0 Å². The van der Waals surface area contributed by atoms with Crippen LogP contribution < -0.4 is 10.6 Å². The third kappa shape index (κ3) is 3.01. The third-order valence-electron chi connectivity index (χ3n) is 3.53. The van der Waals surface area contributed by atoms with Gasteiger partial charge in [-0.25, -0.2) is 0 Å². The van der Waals surface area contributed by atoms with Crippen LogP contribution in [-0.2, 0) is 33.3 Å². The van der Waals surface area contributed by atoms with Crippen LogP contribution in [0.15, 0.2) is 0 Å². The molecule has 0 aromatic rings. The van der Waals surface area contributed by atoms with Crippen LogP contribution in [0.5, 0.6) is 0 Å². The predicted molar refractivity (Wildman–Crippen MR) is 65.5 cm³/mol. The maximum Gasteiger partial charge on any atom is 0.243 e. The summed E-state index contributed by atoms with van der Waals surface area (Å²) in [6, 6.07) is 0. The van der Waals surface area contributed by atoms with Crippen molar-refractivity contribution in [2.75, 3.05) is 13.7 Å². The molecule has 3 fully saturated rings. The SMILES string of the molecule is CNC(=O)CC(=O)NC1OC2OC3COC(C)OC3C2O1. The van der Waals surface area contributed by atoms with Gasteiger partial charge in [-0.15, -0.1) is 0 Å². The minimum atomic E-state index is -0.945. The number of fused-ring (bicyclic) bond motifs is 3. The van der Waals surface area contributed by atoms with Crippen LogP contribution in [0.2, 0.25) is 0 Å². The van der Waals surface area contributed by atoms with E-state index in [1.54, 1.807) is 6.92 Å². The predicted octanol–water partition coefficient (Wildman–Crippen LogP) is -1.58. The van der Waals surface area contributed by atoms with Gasteiger partial charge in [0.2, 0.25) is 18.2 Å². The number of nitrogens with one attached hydrogen (secondary N) is 2. The fourth-order valence-corrected chi connectivity index (χ4v) is 2.52. The largest absolute Gasteiger partial charge is 0.359 e. The van der Waals surface area contributed by atoms with Crippen molar-refractivity contribution in [1.29, 1.82) is 0 Å². The fraction of sp³-hybridized carbons (Fsp3) is 0.833. The van der Waals surface area contributed by atoms with Crippen molar-refractivity contribution in [1.82, 2.24) is 10.6 Å². The van der Waals surface area contributed by atoms with Gasteiger partial charge in [-0.05, 0) is 6.92 Å². The molecule has 3 rings (SSSR count). The molecule has 0 aliphatic carbocycles. The lowest BCUT2D eigenvalue weighted by Gasteiger charge is -2.31. The zero-order chi connectivity index (χ0) is 15.0. The highest BCUT2D eigenvalue weighted by Crippen LogP contribution is 2.36. The molecule has 0 spiro atoms. The molecule has 0 radical (unpaired) electrons. The second-order valence-electron chi connectivity index (χ2n) is 5.03. The van der Waals surface area contributed by atoms with Crippen molar-refractivity contribution in [3.8, 4) is 0 Å². The Bertz CT molecular complexity index is 432. The average molecular weight is 302 g/mol. The summed E-state index contributed by atoms with van der Waals surface area (Å²) < 4.78 is 27.6. The Kier molecular flexibility index (Phi) is 4.09. The zero-order valence-electron chi connectivity index (χ0n) is 11.7. The maximum absolute atomic E-state index is 11.6. The summed E-state index contributed by atoms with van der Waals surface area (Å²) in [5.41, 5.74) is 0. The molecule has 21 heavy (non-hydrogen) atoms. The average Bonchev–Trinajstić information content (AvgIpc) is 2.96. The molecule has 3 heterocycles. The van der Waals surface area contributed by atoms with Crippen molar-refractivity contribution in [3.05, 3.63) is 0 Å². The summed E-state index contributed by atoms with van der Waals surface area (Å²) in [4.78, 5) is 22.7. The Morgan fingerprint density at radius 1 is 1.10 bits per heavy atom. The summed E-state index contributed by atoms with van der Waals surface area (Å²) in [6.07, 6.45) is -3.13.